The second-order valence-corrected chi connectivity index (χ2v) is 4.47. The lowest BCUT2D eigenvalue weighted by atomic mass is 10.2. The van der Waals surface area contributed by atoms with E-state index in [0.717, 1.165) is 11.1 Å². The van der Waals surface area contributed by atoms with Crippen LogP contribution in [0.4, 0.5) is 0 Å². The molecule has 2 heterocycles. The van der Waals surface area contributed by atoms with Crippen molar-refractivity contribution in [3.63, 3.8) is 0 Å². The van der Waals surface area contributed by atoms with Gasteiger partial charge in [-0.15, -0.1) is 0 Å². The van der Waals surface area contributed by atoms with E-state index in [0.29, 0.717) is 5.15 Å². The Labute approximate surface area is 109 Å². The quantitative estimate of drug-likeness (QED) is 0.602. The van der Waals surface area contributed by atoms with Gasteiger partial charge < -0.3 is 0 Å². The van der Waals surface area contributed by atoms with Crippen molar-refractivity contribution in [2.45, 2.75) is 6.92 Å². The summed E-state index contributed by atoms with van der Waals surface area (Å²) < 4.78 is 3.82. The van der Waals surface area contributed by atoms with Crippen LogP contribution < -0.4 is 0 Å². The third-order valence-electron chi connectivity index (χ3n) is 2.20. The first kappa shape index (κ1) is 12.0. The molecule has 0 amide bonds. The third-order valence-corrected chi connectivity index (χ3v) is 3.43. The van der Waals surface area contributed by atoms with Gasteiger partial charge in [0.2, 0.25) is 0 Å². The van der Waals surface area contributed by atoms with Gasteiger partial charge in [-0.25, -0.2) is 0 Å². The number of pyridine rings is 1. The maximum Gasteiger partial charge on any atom is 0.145 e. The molecule has 0 aliphatic heterocycles. The van der Waals surface area contributed by atoms with Crippen LogP contribution in [0.25, 0.3) is 10.9 Å². The van der Waals surface area contributed by atoms with Crippen molar-refractivity contribution < 1.29 is 0 Å². The summed E-state index contributed by atoms with van der Waals surface area (Å²) in [5.41, 5.74) is 2.12. The first-order valence-corrected chi connectivity index (χ1v) is 6.35. The van der Waals surface area contributed by atoms with Crippen LogP contribution >= 0.6 is 23.1 Å². The fraction of sp³-hybridized carbons (Fsp3) is 0.0769. The standard InChI is InChI=1S/C9H7N.C4H4ClNS/c1-2-6-9-8(4-1)5-3-7-10-9;1-3-2-7-6-4(3)5/h1-7H;2H,1H3. The van der Waals surface area contributed by atoms with E-state index in [9.17, 15) is 0 Å². The Morgan fingerprint density at radius 3 is 2.47 bits per heavy atom. The molecule has 0 saturated heterocycles. The fourth-order valence-corrected chi connectivity index (χ4v) is 2.09. The van der Waals surface area contributed by atoms with Gasteiger partial charge >= 0.3 is 0 Å². The highest BCUT2D eigenvalue weighted by atomic mass is 35.5. The zero-order valence-electron chi connectivity index (χ0n) is 9.30. The van der Waals surface area contributed by atoms with Crippen LogP contribution in [0.2, 0.25) is 5.15 Å². The lowest BCUT2D eigenvalue weighted by Crippen LogP contribution is -1.73. The Morgan fingerprint density at radius 1 is 1.12 bits per heavy atom. The van der Waals surface area contributed by atoms with Gasteiger partial charge in [-0.1, -0.05) is 35.9 Å². The molecule has 3 aromatic rings. The van der Waals surface area contributed by atoms with E-state index >= 15 is 0 Å². The zero-order valence-corrected chi connectivity index (χ0v) is 10.9. The van der Waals surface area contributed by atoms with Gasteiger partial charge in [-0.3, -0.25) is 4.98 Å². The van der Waals surface area contributed by atoms with Gasteiger partial charge in [0.1, 0.15) is 5.15 Å². The van der Waals surface area contributed by atoms with Crippen molar-refractivity contribution in [3.8, 4) is 0 Å². The molecular weight excluding hydrogens is 252 g/mol. The summed E-state index contributed by atoms with van der Waals surface area (Å²) in [4.78, 5) is 4.18. The van der Waals surface area contributed by atoms with Crippen molar-refractivity contribution in [3.05, 3.63) is 58.7 Å². The fourth-order valence-electron chi connectivity index (χ4n) is 1.29. The van der Waals surface area contributed by atoms with Crippen LogP contribution in [-0.4, -0.2) is 9.36 Å². The Morgan fingerprint density at radius 2 is 1.88 bits per heavy atom. The van der Waals surface area contributed by atoms with Crippen molar-refractivity contribution in [2.75, 3.05) is 0 Å². The molecule has 2 nitrogen and oxygen atoms in total. The highest BCUT2D eigenvalue weighted by Crippen LogP contribution is 2.13. The molecule has 0 fully saturated rings. The smallest absolute Gasteiger partial charge is 0.145 e. The van der Waals surface area contributed by atoms with Crippen LogP contribution in [-0.2, 0) is 0 Å². The van der Waals surface area contributed by atoms with E-state index < -0.39 is 0 Å². The molecule has 0 bridgehead atoms. The molecule has 0 radical (unpaired) electrons. The maximum absolute atomic E-state index is 5.52. The molecule has 0 unspecified atom stereocenters. The molecule has 0 aliphatic rings. The SMILES string of the molecule is Cc1csnc1Cl.c1ccc2ncccc2c1. The molecule has 0 aliphatic carbocycles. The Bertz CT molecular complexity index is 525. The Hall–Kier alpha value is -1.45. The molecule has 0 saturated carbocycles. The minimum absolute atomic E-state index is 0.630. The Kier molecular flexibility index (Phi) is 4.07. The number of halogens is 1. The van der Waals surface area contributed by atoms with Crippen LogP contribution in [0, 0.1) is 6.92 Å². The van der Waals surface area contributed by atoms with E-state index in [4.69, 9.17) is 11.6 Å². The summed E-state index contributed by atoms with van der Waals surface area (Å²) >= 11 is 6.91. The van der Waals surface area contributed by atoms with Gasteiger partial charge in [0.15, 0.2) is 0 Å². The summed E-state index contributed by atoms with van der Waals surface area (Å²) in [5, 5.41) is 3.75. The zero-order chi connectivity index (χ0) is 12.1. The maximum atomic E-state index is 5.52. The van der Waals surface area contributed by atoms with E-state index in [2.05, 4.69) is 21.5 Å². The predicted molar refractivity (Wildman–Crippen MR) is 73.6 cm³/mol. The average molecular weight is 263 g/mol. The van der Waals surface area contributed by atoms with E-state index in [1.54, 1.807) is 0 Å². The molecule has 0 atom stereocenters. The first-order valence-electron chi connectivity index (χ1n) is 5.13. The molecule has 86 valence electrons. The molecular formula is C13H11ClN2S. The second kappa shape index (κ2) is 5.75. The number of rotatable bonds is 0. The second-order valence-electron chi connectivity index (χ2n) is 3.48. The van der Waals surface area contributed by atoms with Crippen molar-refractivity contribution >= 4 is 34.0 Å². The summed E-state index contributed by atoms with van der Waals surface area (Å²) in [6.45, 7) is 1.94. The highest BCUT2D eigenvalue weighted by Gasteiger charge is 1.92. The number of hydrogen-bond acceptors (Lipinski definition) is 3. The van der Waals surface area contributed by atoms with Crippen LogP contribution in [0.1, 0.15) is 5.56 Å². The molecule has 17 heavy (non-hydrogen) atoms. The molecule has 4 heteroatoms. The molecule has 1 aromatic carbocycles. The molecule has 0 N–H and O–H groups in total. The van der Waals surface area contributed by atoms with Gasteiger partial charge in [-0.05, 0) is 36.2 Å². The topological polar surface area (TPSA) is 25.8 Å². The van der Waals surface area contributed by atoms with Crippen molar-refractivity contribution in [2.24, 2.45) is 0 Å². The first-order chi connectivity index (χ1) is 8.27. The summed E-state index contributed by atoms with van der Waals surface area (Å²) in [6, 6.07) is 12.1. The minimum atomic E-state index is 0.630. The van der Waals surface area contributed by atoms with Crippen LogP contribution in [0.15, 0.2) is 48.0 Å². The van der Waals surface area contributed by atoms with E-state index in [1.165, 1.54) is 16.9 Å². The lowest BCUT2D eigenvalue weighted by Gasteiger charge is -1.91. The number of aryl methyl sites for hydroxylation is 1. The lowest BCUT2D eigenvalue weighted by molar-refractivity contribution is 1.41. The van der Waals surface area contributed by atoms with Gasteiger partial charge in [0.25, 0.3) is 0 Å². The molecule has 0 spiro atoms. The third kappa shape index (κ3) is 3.25. The van der Waals surface area contributed by atoms with Crippen LogP contribution in [0.3, 0.4) is 0 Å². The molecule has 3 rings (SSSR count). The van der Waals surface area contributed by atoms with Gasteiger partial charge in [-0.2, -0.15) is 4.37 Å². The largest absolute Gasteiger partial charge is 0.256 e. The summed E-state index contributed by atoms with van der Waals surface area (Å²) in [5.74, 6) is 0. The number of para-hydroxylation sites is 1. The van der Waals surface area contributed by atoms with Gasteiger partial charge in [0.05, 0.1) is 5.52 Å². The number of benzene rings is 1. The number of nitrogens with zero attached hydrogens (tertiary/aromatic N) is 2. The normalized spacial score (nSPS) is 9.76. The van der Waals surface area contributed by atoms with E-state index in [1.807, 2.05) is 42.8 Å². The van der Waals surface area contributed by atoms with Gasteiger partial charge in [0, 0.05) is 17.0 Å². The minimum Gasteiger partial charge on any atom is -0.256 e. The van der Waals surface area contributed by atoms with Crippen LogP contribution in [0.5, 0.6) is 0 Å². The number of hydrogen-bond donors (Lipinski definition) is 0. The van der Waals surface area contributed by atoms with Crippen molar-refractivity contribution in [1.82, 2.24) is 9.36 Å². The average Bonchev–Trinajstić information content (AvgIpc) is 2.75. The van der Waals surface area contributed by atoms with Crippen molar-refractivity contribution in [1.29, 1.82) is 0 Å². The molecule has 2 aromatic heterocycles. The summed E-state index contributed by atoms with van der Waals surface area (Å²) in [7, 11) is 0. The predicted octanol–water partition coefficient (Wildman–Crippen LogP) is 4.34. The highest BCUT2D eigenvalue weighted by molar-refractivity contribution is 7.04. The summed E-state index contributed by atoms with van der Waals surface area (Å²) in [6.07, 6.45) is 1.81. The monoisotopic (exact) mass is 262 g/mol. The Balaban J connectivity index is 0.000000136. The van der Waals surface area contributed by atoms with E-state index in [-0.39, 0.29) is 0 Å². The number of aromatic nitrogens is 2. The number of fused-ring (bicyclic) bond motifs is 1.